The van der Waals surface area contributed by atoms with Gasteiger partial charge in [-0.3, -0.25) is 4.68 Å². The highest BCUT2D eigenvalue weighted by Crippen LogP contribution is 2.34. The average Bonchev–Trinajstić information content (AvgIpc) is 2.38. The molecule has 1 heterocycles. The van der Waals surface area contributed by atoms with E-state index in [1.165, 1.54) is 0 Å². The van der Waals surface area contributed by atoms with Crippen LogP contribution in [0.1, 0.15) is 31.5 Å². The fraction of sp³-hybridized carbons (Fsp3) is 0.700. The Balaban J connectivity index is 1.93. The molecule has 1 aliphatic rings. The van der Waals surface area contributed by atoms with E-state index in [4.69, 9.17) is 10.5 Å². The third kappa shape index (κ3) is 1.62. The number of ether oxygens (including phenoxy) is 1. The number of nitrogens with two attached hydrogens (primary N) is 1. The first kappa shape index (κ1) is 9.52. The Morgan fingerprint density at radius 1 is 1.64 bits per heavy atom. The van der Waals surface area contributed by atoms with Gasteiger partial charge in [0.15, 0.2) is 0 Å². The van der Waals surface area contributed by atoms with Gasteiger partial charge < -0.3 is 10.5 Å². The van der Waals surface area contributed by atoms with Gasteiger partial charge in [-0.25, -0.2) is 0 Å². The second kappa shape index (κ2) is 3.61. The zero-order chi connectivity index (χ0) is 10.1. The van der Waals surface area contributed by atoms with Crippen molar-refractivity contribution < 1.29 is 4.74 Å². The molecule has 78 valence electrons. The molecule has 1 aromatic rings. The summed E-state index contributed by atoms with van der Waals surface area (Å²) in [7, 11) is 0. The van der Waals surface area contributed by atoms with Gasteiger partial charge in [0.1, 0.15) is 0 Å². The summed E-state index contributed by atoms with van der Waals surface area (Å²) in [4.78, 5) is 0. The molecule has 0 bridgehead atoms. The molecule has 4 nitrogen and oxygen atoms in total. The highest BCUT2D eigenvalue weighted by molar-refractivity contribution is 5.39. The van der Waals surface area contributed by atoms with Gasteiger partial charge in [-0.05, 0) is 26.7 Å². The first-order valence-corrected chi connectivity index (χ1v) is 5.13. The molecule has 4 heteroatoms. The van der Waals surface area contributed by atoms with E-state index in [-0.39, 0.29) is 0 Å². The zero-order valence-corrected chi connectivity index (χ0v) is 8.73. The molecule has 1 aliphatic carbocycles. The molecule has 1 saturated carbocycles. The molecule has 1 fully saturated rings. The van der Waals surface area contributed by atoms with Gasteiger partial charge in [-0.15, -0.1) is 0 Å². The van der Waals surface area contributed by atoms with Gasteiger partial charge in [0, 0.05) is 12.8 Å². The Morgan fingerprint density at radius 2 is 2.36 bits per heavy atom. The highest BCUT2D eigenvalue weighted by Gasteiger charge is 2.31. The summed E-state index contributed by atoms with van der Waals surface area (Å²) in [5.74, 6) is 0. The number of nitrogens with zero attached hydrogens (tertiary/aromatic N) is 2. The van der Waals surface area contributed by atoms with Crippen molar-refractivity contribution in [3.8, 4) is 0 Å². The van der Waals surface area contributed by atoms with Crippen molar-refractivity contribution in [2.24, 2.45) is 0 Å². The minimum Gasteiger partial charge on any atom is -0.396 e. The molecular formula is C10H17N3O. The van der Waals surface area contributed by atoms with Crippen LogP contribution in [0.2, 0.25) is 0 Å². The van der Waals surface area contributed by atoms with Crippen LogP contribution in [0.15, 0.2) is 6.20 Å². The van der Waals surface area contributed by atoms with Crippen LogP contribution in [0.25, 0.3) is 0 Å². The van der Waals surface area contributed by atoms with Crippen molar-refractivity contribution >= 4 is 5.69 Å². The zero-order valence-electron chi connectivity index (χ0n) is 8.73. The predicted molar refractivity (Wildman–Crippen MR) is 55.1 cm³/mol. The number of aromatic nitrogens is 2. The molecule has 14 heavy (non-hydrogen) atoms. The maximum atomic E-state index is 5.74. The number of anilines is 1. The van der Waals surface area contributed by atoms with Crippen LogP contribution in [-0.4, -0.2) is 22.5 Å². The molecule has 0 spiro atoms. The van der Waals surface area contributed by atoms with Crippen LogP contribution in [0, 0.1) is 6.92 Å². The molecule has 2 N–H and O–H groups in total. The van der Waals surface area contributed by atoms with Crippen LogP contribution in [0.5, 0.6) is 0 Å². The topological polar surface area (TPSA) is 53.1 Å². The third-order valence-corrected chi connectivity index (χ3v) is 2.80. The third-order valence-electron chi connectivity index (χ3n) is 2.80. The van der Waals surface area contributed by atoms with Gasteiger partial charge in [0.25, 0.3) is 0 Å². The quantitative estimate of drug-likeness (QED) is 0.795. The van der Waals surface area contributed by atoms with Crippen LogP contribution < -0.4 is 5.73 Å². The Bertz CT molecular complexity index is 296. The Hall–Kier alpha value is -1.03. The van der Waals surface area contributed by atoms with Crippen molar-refractivity contribution in [1.82, 2.24) is 9.78 Å². The molecular weight excluding hydrogens is 178 g/mol. The largest absolute Gasteiger partial charge is 0.396 e. The van der Waals surface area contributed by atoms with Crippen LogP contribution in [0.3, 0.4) is 0 Å². The minimum atomic E-state index is 0.427. The average molecular weight is 195 g/mol. The second-order valence-corrected chi connectivity index (χ2v) is 3.85. The highest BCUT2D eigenvalue weighted by atomic mass is 16.5. The van der Waals surface area contributed by atoms with Crippen molar-refractivity contribution in [2.75, 3.05) is 12.3 Å². The fourth-order valence-corrected chi connectivity index (χ4v) is 1.81. The molecule has 0 saturated heterocycles. The number of nitrogen functional groups attached to an aromatic ring is 1. The summed E-state index contributed by atoms with van der Waals surface area (Å²) < 4.78 is 7.47. The molecule has 2 rings (SSSR count). The molecule has 0 aromatic carbocycles. The monoisotopic (exact) mass is 195 g/mol. The molecule has 1 aromatic heterocycles. The second-order valence-electron chi connectivity index (χ2n) is 3.85. The van der Waals surface area contributed by atoms with Gasteiger partial charge in [0.05, 0.1) is 23.5 Å². The Kier molecular flexibility index (Phi) is 2.46. The summed E-state index contributed by atoms with van der Waals surface area (Å²) in [5, 5.41) is 4.36. The lowest BCUT2D eigenvalue weighted by molar-refractivity contribution is -0.0227. The maximum absolute atomic E-state index is 5.74. The number of rotatable bonds is 3. The van der Waals surface area contributed by atoms with Crippen LogP contribution in [0.4, 0.5) is 5.69 Å². The maximum Gasteiger partial charge on any atom is 0.0823 e. The summed E-state index contributed by atoms with van der Waals surface area (Å²) in [6, 6.07) is 0.488. The van der Waals surface area contributed by atoms with E-state index < -0.39 is 0 Å². The normalized spacial score (nSPS) is 26.1. The lowest BCUT2D eigenvalue weighted by atomic mass is 9.89. The van der Waals surface area contributed by atoms with Crippen molar-refractivity contribution in [3.05, 3.63) is 11.9 Å². The van der Waals surface area contributed by atoms with Crippen molar-refractivity contribution in [2.45, 2.75) is 38.8 Å². The van der Waals surface area contributed by atoms with E-state index >= 15 is 0 Å². The predicted octanol–water partition coefficient (Wildman–Crippen LogP) is 1.51. The van der Waals surface area contributed by atoms with Crippen LogP contribution >= 0.6 is 0 Å². The minimum absolute atomic E-state index is 0.427. The smallest absolute Gasteiger partial charge is 0.0823 e. The first-order chi connectivity index (χ1) is 6.70. The van der Waals surface area contributed by atoms with E-state index in [9.17, 15) is 0 Å². The number of hydrogen-bond donors (Lipinski definition) is 1. The lowest BCUT2D eigenvalue weighted by Gasteiger charge is -2.34. The molecule has 0 amide bonds. The Morgan fingerprint density at radius 3 is 2.86 bits per heavy atom. The summed E-state index contributed by atoms with van der Waals surface area (Å²) in [6.07, 6.45) is 4.47. The van der Waals surface area contributed by atoms with E-state index in [0.29, 0.717) is 12.1 Å². The van der Waals surface area contributed by atoms with Gasteiger partial charge in [-0.2, -0.15) is 5.10 Å². The standard InChI is InChI=1S/C10H17N3O/c1-3-14-9-4-8(5-9)13-6-10(11)7(2)12-13/h6,8-9H,3-5,11H2,1-2H3. The van der Waals surface area contributed by atoms with E-state index in [1.54, 1.807) is 0 Å². The summed E-state index contributed by atoms with van der Waals surface area (Å²) in [5.41, 5.74) is 7.44. The summed E-state index contributed by atoms with van der Waals surface area (Å²) >= 11 is 0. The molecule has 0 atom stereocenters. The van der Waals surface area contributed by atoms with Gasteiger partial charge in [0.2, 0.25) is 0 Å². The SMILES string of the molecule is CCOC1CC(n2cc(N)c(C)n2)C1. The molecule has 0 unspecified atom stereocenters. The molecule has 0 radical (unpaired) electrons. The first-order valence-electron chi connectivity index (χ1n) is 5.13. The van der Waals surface area contributed by atoms with Crippen molar-refractivity contribution in [3.63, 3.8) is 0 Å². The van der Waals surface area contributed by atoms with Gasteiger partial charge >= 0.3 is 0 Å². The van der Waals surface area contributed by atoms with Gasteiger partial charge in [-0.1, -0.05) is 0 Å². The van der Waals surface area contributed by atoms with E-state index in [2.05, 4.69) is 5.10 Å². The molecule has 0 aliphatic heterocycles. The summed E-state index contributed by atoms with van der Waals surface area (Å²) in [6.45, 7) is 4.77. The van der Waals surface area contributed by atoms with Crippen LogP contribution in [-0.2, 0) is 4.74 Å². The van der Waals surface area contributed by atoms with Crippen molar-refractivity contribution in [1.29, 1.82) is 0 Å². The number of hydrogen-bond acceptors (Lipinski definition) is 3. The van der Waals surface area contributed by atoms with E-state index in [1.807, 2.05) is 24.7 Å². The van der Waals surface area contributed by atoms with E-state index in [0.717, 1.165) is 30.8 Å². The fourth-order valence-electron chi connectivity index (χ4n) is 1.81. The lowest BCUT2D eigenvalue weighted by Crippen LogP contribution is -2.33. The number of aryl methyl sites for hydroxylation is 1. The Labute approximate surface area is 84.0 Å².